The molecule has 140 valence electrons. The van der Waals surface area contributed by atoms with Gasteiger partial charge in [-0.25, -0.2) is 14.4 Å². The molecule has 0 bridgehead atoms. The number of aromatic nitrogens is 3. The average Bonchev–Trinajstić information content (AvgIpc) is 3.11. The third-order valence-corrected chi connectivity index (χ3v) is 5.20. The molecule has 5 nitrogen and oxygen atoms in total. The van der Waals surface area contributed by atoms with Crippen molar-refractivity contribution < 1.29 is 9.18 Å². The third kappa shape index (κ3) is 3.89. The van der Waals surface area contributed by atoms with Gasteiger partial charge in [-0.1, -0.05) is 36.0 Å². The Labute approximate surface area is 165 Å². The first kappa shape index (κ1) is 18.2. The summed E-state index contributed by atoms with van der Waals surface area (Å²) in [5.41, 5.74) is 4.81. The smallest absolute Gasteiger partial charge is 0.234 e. The summed E-state index contributed by atoms with van der Waals surface area (Å²) in [5.74, 6) is -0.198. The number of hydrogen-bond acceptors (Lipinski definition) is 4. The standard InChI is InChI=1S/C21H17FN4OS/c1-13-4-2-7-16(8-13)26-18(27)11-28-21-20-19(24-12-25-21)17(10-23-20)14-5-3-6-15(22)9-14/h2-10,12,23H,11H2,1H3,(H,26,27). The Morgan fingerprint density at radius 3 is 2.86 bits per heavy atom. The summed E-state index contributed by atoms with van der Waals surface area (Å²) in [7, 11) is 0. The van der Waals surface area contributed by atoms with Crippen LogP contribution in [0.25, 0.3) is 22.2 Å². The molecule has 2 aromatic carbocycles. The van der Waals surface area contributed by atoms with Crippen molar-refractivity contribution in [1.29, 1.82) is 0 Å². The second-order valence-electron chi connectivity index (χ2n) is 6.32. The van der Waals surface area contributed by atoms with Crippen molar-refractivity contribution >= 4 is 34.4 Å². The molecule has 0 saturated carbocycles. The summed E-state index contributed by atoms with van der Waals surface area (Å²) in [5, 5.41) is 3.56. The summed E-state index contributed by atoms with van der Waals surface area (Å²) >= 11 is 1.32. The number of aromatic amines is 1. The van der Waals surface area contributed by atoms with Crippen molar-refractivity contribution in [2.75, 3.05) is 11.1 Å². The summed E-state index contributed by atoms with van der Waals surface area (Å²) in [6, 6.07) is 14.0. The lowest BCUT2D eigenvalue weighted by Crippen LogP contribution is -2.14. The molecule has 2 aromatic heterocycles. The van der Waals surface area contributed by atoms with Gasteiger partial charge in [0.05, 0.1) is 11.3 Å². The molecule has 0 atom stereocenters. The third-order valence-electron chi connectivity index (χ3n) is 4.21. The predicted molar refractivity (Wildman–Crippen MR) is 110 cm³/mol. The molecule has 0 aliphatic carbocycles. The second-order valence-corrected chi connectivity index (χ2v) is 7.29. The minimum absolute atomic E-state index is 0.112. The van der Waals surface area contributed by atoms with Crippen LogP contribution < -0.4 is 5.32 Å². The van der Waals surface area contributed by atoms with E-state index in [1.54, 1.807) is 12.3 Å². The number of rotatable bonds is 5. The molecule has 0 fully saturated rings. The van der Waals surface area contributed by atoms with E-state index in [1.165, 1.54) is 30.2 Å². The Bertz CT molecular complexity index is 1160. The molecule has 0 radical (unpaired) electrons. The van der Waals surface area contributed by atoms with Gasteiger partial charge in [0.1, 0.15) is 22.7 Å². The number of thioether (sulfide) groups is 1. The number of hydrogen-bond donors (Lipinski definition) is 2. The number of anilines is 1. The van der Waals surface area contributed by atoms with Crippen LogP contribution in [0.2, 0.25) is 0 Å². The van der Waals surface area contributed by atoms with E-state index in [9.17, 15) is 9.18 Å². The number of nitrogens with zero attached hydrogens (tertiary/aromatic N) is 2. The molecular weight excluding hydrogens is 375 g/mol. The first-order valence-corrected chi connectivity index (χ1v) is 9.66. The zero-order chi connectivity index (χ0) is 19.5. The van der Waals surface area contributed by atoms with Gasteiger partial charge >= 0.3 is 0 Å². The lowest BCUT2D eigenvalue weighted by atomic mass is 10.1. The van der Waals surface area contributed by atoms with Gasteiger partial charge in [0.25, 0.3) is 0 Å². The topological polar surface area (TPSA) is 70.7 Å². The number of carbonyl (C=O) groups is 1. The van der Waals surface area contributed by atoms with Gasteiger partial charge in [0.2, 0.25) is 5.91 Å². The van der Waals surface area contributed by atoms with E-state index in [1.807, 2.05) is 37.3 Å². The Kier molecular flexibility index (Phi) is 5.08. The van der Waals surface area contributed by atoms with Crippen molar-refractivity contribution in [3.05, 3.63) is 72.4 Å². The van der Waals surface area contributed by atoms with Gasteiger partial charge in [0.15, 0.2) is 0 Å². The number of aryl methyl sites for hydroxylation is 1. The maximum absolute atomic E-state index is 13.6. The fraction of sp³-hybridized carbons (Fsp3) is 0.0952. The number of benzene rings is 2. The van der Waals surface area contributed by atoms with Crippen molar-refractivity contribution in [2.45, 2.75) is 11.9 Å². The van der Waals surface area contributed by atoms with Gasteiger partial charge in [-0.3, -0.25) is 4.79 Å². The maximum atomic E-state index is 13.6. The minimum Gasteiger partial charge on any atom is -0.357 e. The highest BCUT2D eigenvalue weighted by Crippen LogP contribution is 2.31. The molecule has 2 N–H and O–H groups in total. The SMILES string of the molecule is Cc1cccc(NC(=O)CSc2ncnc3c(-c4cccc(F)c4)c[nH]c23)c1. The number of carbonyl (C=O) groups excluding carboxylic acids is 1. The first-order chi connectivity index (χ1) is 13.6. The first-order valence-electron chi connectivity index (χ1n) is 8.67. The van der Waals surface area contributed by atoms with Gasteiger partial charge in [-0.15, -0.1) is 0 Å². The van der Waals surface area contributed by atoms with E-state index in [4.69, 9.17) is 0 Å². The average molecular weight is 392 g/mol. The zero-order valence-electron chi connectivity index (χ0n) is 15.1. The fourth-order valence-electron chi connectivity index (χ4n) is 2.96. The molecule has 28 heavy (non-hydrogen) atoms. The molecule has 0 aliphatic rings. The number of fused-ring (bicyclic) bond motifs is 1. The number of halogens is 1. The molecule has 0 saturated heterocycles. The minimum atomic E-state index is -0.302. The van der Waals surface area contributed by atoms with Crippen LogP contribution in [-0.2, 0) is 4.79 Å². The molecule has 4 rings (SSSR count). The van der Waals surface area contributed by atoms with Crippen LogP contribution in [0.5, 0.6) is 0 Å². The van der Waals surface area contributed by atoms with E-state index < -0.39 is 0 Å². The highest BCUT2D eigenvalue weighted by atomic mass is 32.2. The quantitative estimate of drug-likeness (QED) is 0.378. The van der Waals surface area contributed by atoms with Crippen molar-refractivity contribution in [3.8, 4) is 11.1 Å². The molecule has 4 aromatic rings. The van der Waals surface area contributed by atoms with Gasteiger partial charge in [-0.2, -0.15) is 0 Å². The predicted octanol–water partition coefficient (Wildman–Crippen LogP) is 4.80. The monoisotopic (exact) mass is 392 g/mol. The Morgan fingerprint density at radius 1 is 1.18 bits per heavy atom. The Balaban J connectivity index is 1.52. The Hall–Kier alpha value is -3.19. The summed E-state index contributed by atoms with van der Waals surface area (Å²) in [6.07, 6.45) is 3.24. The Morgan fingerprint density at radius 2 is 2.04 bits per heavy atom. The van der Waals surface area contributed by atoms with Crippen LogP contribution in [0.3, 0.4) is 0 Å². The highest BCUT2D eigenvalue weighted by Gasteiger charge is 2.14. The fourth-order valence-corrected chi connectivity index (χ4v) is 3.72. The second kappa shape index (κ2) is 7.82. The zero-order valence-corrected chi connectivity index (χ0v) is 15.9. The van der Waals surface area contributed by atoms with Gasteiger partial charge in [0, 0.05) is 17.4 Å². The van der Waals surface area contributed by atoms with Crippen molar-refractivity contribution in [1.82, 2.24) is 15.0 Å². The van der Waals surface area contributed by atoms with Crippen LogP contribution in [0.1, 0.15) is 5.56 Å². The lowest BCUT2D eigenvalue weighted by molar-refractivity contribution is -0.113. The van der Waals surface area contributed by atoms with Crippen LogP contribution in [0, 0.1) is 12.7 Å². The van der Waals surface area contributed by atoms with Gasteiger partial charge < -0.3 is 10.3 Å². The molecule has 2 heterocycles. The van der Waals surface area contributed by atoms with Crippen molar-refractivity contribution in [2.24, 2.45) is 0 Å². The van der Waals surface area contributed by atoms with Crippen LogP contribution in [0.15, 0.2) is 66.1 Å². The largest absolute Gasteiger partial charge is 0.357 e. The van der Waals surface area contributed by atoms with Crippen LogP contribution >= 0.6 is 11.8 Å². The van der Waals surface area contributed by atoms with E-state index in [-0.39, 0.29) is 17.5 Å². The molecule has 0 aliphatic heterocycles. The van der Waals surface area contributed by atoms with E-state index >= 15 is 0 Å². The van der Waals surface area contributed by atoms with Gasteiger partial charge in [-0.05, 0) is 42.3 Å². The van der Waals surface area contributed by atoms with Crippen LogP contribution in [0.4, 0.5) is 10.1 Å². The lowest BCUT2D eigenvalue weighted by Gasteiger charge is -2.06. The number of nitrogens with one attached hydrogen (secondary N) is 2. The van der Waals surface area contributed by atoms with Crippen molar-refractivity contribution in [3.63, 3.8) is 0 Å². The van der Waals surface area contributed by atoms with Crippen LogP contribution in [-0.4, -0.2) is 26.6 Å². The molecular formula is C21H17FN4OS. The molecule has 7 heteroatoms. The number of amides is 1. The normalized spacial score (nSPS) is 10.9. The number of H-pyrrole nitrogens is 1. The summed E-state index contributed by atoms with van der Waals surface area (Å²) in [4.78, 5) is 24.1. The summed E-state index contributed by atoms with van der Waals surface area (Å²) < 4.78 is 13.6. The molecule has 1 amide bonds. The molecule has 0 unspecified atom stereocenters. The maximum Gasteiger partial charge on any atom is 0.234 e. The van der Waals surface area contributed by atoms with E-state index in [0.717, 1.165) is 27.9 Å². The van der Waals surface area contributed by atoms with E-state index in [0.29, 0.717) is 10.5 Å². The van der Waals surface area contributed by atoms with E-state index in [2.05, 4.69) is 20.3 Å². The summed E-state index contributed by atoms with van der Waals surface area (Å²) in [6.45, 7) is 1.98. The highest BCUT2D eigenvalue weighted by molar-refractivity contribution is 8.00. The molecule has 0 spiro atoms.